The molecule has 5 aromatic rings. The first kappa shape index (κ1) is 41.5. The lowest BCUT2D eigenvalue weighted by Gasteiger charge is -2.36. The number of aromatic amines is 2. The van der Waals surface area contributed by atoms with E-state index in [1.54, 1.807) is 6.92 Å². The van der Waals surface area contributed by atoms with Crippen molar-refractivity contribution in [2.24, 2.45) is 17.3 Å². The highest BCUT2D eigenvalue weighted by Gasteiger charge is 2.55. The number of aromatic nitrogens is 4. The van der Waals surface area contributed by atoms with Crippen molar-refractivity contribution >= 4 is 28.7 Å². The monoisotopic (exact) mass is 840 g/mol. The summed E-state index contributed by atoms with van der Waals surface area (Å²) in [7, 11) is 2.69. The Bertz CT molecular complexity index is 2510. The third-order valence-corrected chi connectivity index (χ3v) is 13.7. The Morgan fingerprint density at radius 2 is 1.50 bits per heavy atom. The number of amides is 3. The van der Waals surface area contributed by atoms with Gasteiger partial charge in [0.1, 0.15) is 17.7 Å². The van der Waals surface area contributed by atoms with Gasteiger partial charge in [-0.3, -0.25) is 14.9 Å². The van der Waals surface area contributed by atoms with Crippen LogP contribution in [-0.4, -0.2) is 98.1 Å². The molecule has 7 atom stereocenters. The molecular weight excluding hydrogens is 785 g/mol. The van der Waals surface area contributed by atoms with E-state index in [2.05, 4.69) is 87.8 Å². The number of methoxy groups -OCH3 is 2. The molecule has 1 unspecified atom stereocenters. The number of hydrogen-bond donors (Lipinski definition) is 5. The van der Waals surface area contributed by atoms with Gasteiger partial charge in [-0.15, -0.1) is 0 Å². The number of carbonyl (C=O) groups excluding carboxylic acids is 3. The van der Waals surface area contributed by atoms with Crippen LogP contribution in [0, 0.1) is 17.3 Å². The van der Waals surface area contributed by atoms with Crippen molar-refractivity contribution < 1.29 is 29.0 Å². The fourth-order valence-electron chi connectivity index (χ4n) is 10.1. The van der Waals surface area contributed by atoms with Gasteiger partial charge >= 0.3 is 6.09 Å². The van der Waals surface area contributed by atoms with Crippen molar-refractivity contribution in [3.63, 3.8) is 0 Å². The number of nitrogens with zero attached hydrogens (tertiary/aromatic N) is 4. The second-order valence-electron chi connectivity index (χ2n) is 18.2. The Balaban J connectivity index is 0.893. The summed E-state index contributed by atoms with van der Waals surface area (Å²) in [6.07, 6.45) is 7.73. The first-order valence-corrected chi connectivity index (χ1v) is 21.7. The van der Waals surface area contributed by atoms with Crippen molar-refractivity contribution in [2.45, 2.75) is 95.9 Å². The van der Waals surface area contributed by atoms with Gasteiger partial charge in [0.2, 0.25) is 18.2 Å². The van der Waals surface area contributed by atoms with Crippen LogP contribution in [0.4, 0.5) is 4.79 Å². The summed E-state index contributed by atoms with van der Waals surface area (Å²) in [5, 5.41) is 18.0. The number of ether oxygens (including phenoxy) is 2. The highest BCUT2D eigenvalue weighted by Crippen LogP contribution is 2.58. The van der Waals surface area contributed by atoms with Gasteiger partial charge in [-0.1, -0.05) is 69.0 Å². The van der Waals surface area contributed by atoms with Crippen LogP contribution in [0.3, 0.4) is 0 Å². The third kappa shape index (κ3) is 7.79. The zero-order chi connectivity index (χ0) is 43.4. The third-order valence-electron chi connectivity index (χ3n) is 13.7. The summed E-state index contributed by atoms with van der Waals surface area (Å²) < 4.78 is 9.81. The molecule has 9 rings (SSSR count). The first-order chi connectivity index (χ1) is 29.8. The topological polar surface area (TPSA) is 178 Å². The Kier molecular flexibility index (Phi) is 11.0. The van der Waals surface area contributed by atoms with Gasteiger partial charge in [0, 0.05) is 25.3 Å². The molecule has 5 N–H and O–H groups in total. The van der Waals surface area contributed by atoms with E-state index < -0.39 is 24.6 Å². The van der Waals surface area contributed by atoms with Gasteiger partial charge in [0.15, 0.2) is 0 Å². The maximum atomic E-state index is 14.0. The van der Waals surface area contributed by atoms with Crippen molar-refractivity contribution in [3.05, 3.63) is 96.9 Å². The van der Waals surface area contributed by atoms with Crippen LogP contribution in [0.1, 0.15) is 83.0 Å². The molecule has 14 nitrogen and oxygen atoms in total. The first-order valence-electron chi connectivity index (χ1n) is 21.7. The average molecular weight is 841 g/mol. The fourth-order valence-corrected chi connectivity index (χ4v) is 10.1. The van der Waals surface area contributed by atoms with Crippen LogP contribution in [0.15, 0.2) is 85.2 Å². The van der Waals surface area contributed by atoms with E-state index >= 15 is 0 Å². The van der Waals surface area contributed by atoms with Gasteiger partial charge in [-0.25, -0.2) is 14.8 Å². The Morgan fingerprint density at radius 1 is 0.871 bits per heavy atom. The second kappa shape index (κ2) is 16.5. The van der Waals surface area contributed by atoms with Crippen molar-refractivity contribution in [3.8, 4) is 33.6 Å². The lowest BCUT2D eigenvalue weighted by Crippen LogP contribution is -2.53. The smallest absolute Gasteiger partial charge is 0.407 e. The number of aliphatic hydroxyl groups is 1. The molecule has 324 valence electrons. The lowest BCUT2D eigenvalue weighted by atomic mass is 9.96. The quantitative estimate of drug-likeness (QED) is 0.0605. The van der Waals surface area contributed by atoms with Crippen LogP contribution < -0.4 is 10.6 Å². The number of piperidine rings is 1. The summed E-state index contributed by atoms with van der Waals surface area (Å²) in [5.41, 5.74) is 6.64. The molecule has 2 aliphatic carbocycles. The molecule has 2 aliphatic heterocycles. The summed E-state index contributed by atoms with van der Waals surface area (Å²) in [6.45, 7) is 10.3. The summed E-state index contributed by atoms with van der Waals surface area (Å²) in [6, 6.07) is 19.5. The van der Waals surface area contributed by atoms with E-state index in [9.17, 15) is 19.5 Å². The predicted molar refractivity (Wildman–Crippen MR) is 235 cm³/mol. The molecule has 62 heavy (non-hydrogen) atoms. The number of H-pyrrole nitrogens is 2. The number of carbonyl (C=O) groups is 3. The van der Waals surface area contributed by atoms with Gasteiger partial charge in [-0.2, -0.15) is 0 Å². The molecule has 14 heteroatoms. The van der Waals surface area contributed by atoms with Gasteiger partial charge < -0.3 is 39.7 Å². The van der Waals surface area contributed by atoms with Crippen LogP contribution >= 0.6 is 0 Å². The Morgan fingerprint density at radius 3 is 2.16 bits per heavy atom. The minimum absolute atomic E-state index is 0.0459. The normalized spacial score (nSPS) is 22.6. The zero-order valence-corrected chi connectivity index (χ0v) is 36.0. The van der Waals surface area contributed by atoms with E-state index in [4.69, 9.17) is 19.4 Å². The van der Waals surface area contributed by atoms with E-state index in [-0.39, 0.29) is 47.2 Å². The fraction of sp³-hybridized carbons (Fsp3) is 0.438. The molecule has 2 saturated heterocycles. The number of nitrogens with one attached hydrogen (secondary N) is 4. The van der Waals surface area contributed by atoms with E-state index in [1.165, 1.54) is 14.2 Å². The van der Waals surface area contributed by atoms with E-state index in [0.29, 0.717) is 12.1 Å². The summed E-state index contributed by atoms with van der Waals surface area (Å²) in [4.78, 5) is 60.5. The molecule has 3 aromatic carbocycles. The standard InChI is InChI=1S/C48H56N8O6/c1-26(2)39(53-46(59)61-5)44(57)55-25-48(17-18-48)22-38(55)42-49-24-37(51-42)33-14-13-31-19-30(11-12-32(31)20-33)28-7-9-29(10-8-28)36-23-50-43(52-36)41-34-15-16-35(21-34)56(41)45(58)40(27(3)4)54-47(60)62-6/h7-14,19-20,23-24,26,34-35,38-41,46,53,59H,3,15-18,21-22,25H2,1-2,4-6H3,(H,49,51)(H,50,52)(H,54,60)/t34-,35+,38-,39-,40-,41-,46?/m0/s1. The largest absolute Gasteiger partial charge is 0.453 e. The lowest BCUT2D eigenvalue weighted by molar-refractivity contribution is -0.145. The number of fused-ring (bicyclic) bond motifs is 3. The number of rotatable bonds is 13. The van der Waals surface area contributed by atoms with E-state index in [0.717, 1.165) is 94.6 Å². The summed E-state index contributed by atoms with van der Waals surface area (Å²) >= 11 is 0. The number of likely N-dealkylation sites (tertiary alicyclic amines) is 2. The molecule has 1 spiro atoms. The highest BCUT2D eigenvalue weighted by molar-refractivity contribution is 5.91. The van der Waals surface area contributed by atoms with Gasteiger partial charge in [0.25, 0.3) is 0 Å². The Labute approximate surface area is 361 Å². The predicted octanol–water partition coefficient (Wildman–Crippen LogP) is 7.23. The Hall–Kier alpha value is -5.83. The zero-order valence-electron chi connectivity index (χ0n) is 36.0. The number of hydrogen-bond acceptors (Lipinski definition) is 9. The van der Waals surface area contributed by atoms with Crippen LogP contribution in [0.5, 0.6) is 0 Å². The van der Waals surface area contributed by atoms with Crippen molar-refractivity contribution in [1.29, 1.82) is 0 Å². The maximum Gasteiger partial charge on any atom is 0.407 e. The van der Waals surface area contributed by atoms with Gasteiger partial charge in [-0.05, 0) is 108 Å². The molecule has 4 heterocycles. The van der Waals surface area contributed by atoms with Crippen LogP contribution in [0.25, 0.3) is 44.4 Å². The minimum atomic E-state index is -1.23. The van der Waals surface area contributed by atoms with Crippen molar-refractivity contribution in [2.75, 3.05) is 20.8 Å². The van der Waals surface area contributed by atoms with Gasteiger partial charge in [0.05, 0.1) is 49.0 Å². The number of imidazole rings is 2. The molecular formula is C48H56N8O6. The highest BCUT2D eigenvalue weighted by atomic mass is 16.6. The number of alkyl carbamates (subject to hydrolysis) is 1. The molecule has 2 aromatic heterocycles. The summed E-state index contributed by atoms with van der Waals surface area (Å²) in [5.74, 6) is 1.53. The molecule has 2 saturated carbocycles. The number of aliphatic hydroxyl groups excluding tert-OH is 1. The second-order valence-corrected chi connectivity index (χ2v) is 18.2. The number of benzene rings is 3. The molecule has 0 radical (unpaired) electrons. The SMILES string of the molecule is C=C(C)[C@H](NC(=O)OC)C(=O)N1[C@@H]2CC[C@@H](C2)[C@H]1c1ncc(-c2ccc(-c3ccc4cc(-c5cnc([C@@H]6CC7(CC7)CN6C(=O)[C@@H](NC(O)OC)C(C)C)[nH]5)ccc4c3)cc2)[nH]1. The van der Waals surface area contributed by atoms with Crippen LogP contribution in [-0.2, 0) is 19.1 Å². The van der Waals surface area contributed by atoms with Crippen molar-refractivity contribution in [1.82, 2.24) is 40.4 Å². The van der Waals surface area contributed by atoms with Crippen LogP contribution in [0.2, 0.25) is 0 Å². The molecule has 4 fully saturated rings. The molecule has 2 bridgehead atoms. The van der Waals surface area contributed by atoms with E-state index in [1.807, 2.05) is 36.0 Å². The minimum Gasteiger partial charge on any atom is -0.453 e. The average Bonchev–Trinajstić information content (AvgIpc) is 3.91. The molecule has 3 amide bonds. The molecule has 4 aliphatic rings. The maximum absolute atomic E-state index is 14.0.